The summed E-state index contributed by atoms with van der Waals surface area (Å²) in [5, 5.41) is 5.18. The topological polar surface area (TPSA) is 75.7 Å². The van der Waals surface area contributed by atoms with Crippen LogP contribution in [0, 0.1) is 0 Å². The third kappa shape index (κ3) is 5.68. The molecule has 1 N–H and O–H groups in total. The number of nitrogens with zero attached hydrogens (tertiary/aromatic N) is 1. The standard InChI is InChI=1S/C22H19ClN2O4S/c1-29-20(26)14-25(13-15-7-9-17(23)10-8-15)22(28)16-4-2-5-18(12-16)24-21(27)19-6-3-11-30-19/h2-12H,13-14H2,1H3,(H,24,27). The van der Waals surface area contributed by atoms with Gasteiger partial charge in [-0.05, 0) is 47.3 Å². The molecule has 154 valence electrons. The van der Waals surface area contributed by atoms with Crippen molar-refractivity contribution < 1.29 is 19.1 Å². The summed E-state index contributed by atoms with van der Waals surface area (Å²) >= 11 is 7.25. The number of hydrogen-bond donors (Lipinski definition) is 1. The molecular formula is C22H19ClN2O4S. The second-order valence-electron chi connectivity index (χ2n) is 6.38. The van der Waals surface area contributed by atoms with Gasteiger partial charge < -0.3 is 15.0 Å². The highest BCUT2D eigenvalue weighted by molar-refractivity contribution is 7.12. The quantitative estimate of drug-likeness (QED) is 0.548. The Morgan fingerprint density at radius 2 is 1.83 bits per heavy atom. The Bertz CT molecular complexity index is 1040. The number of thiophene rings is 1. The van der Waals surface area contributed by atoms with Crippen LogP contribution in [0.4, 0.5) is 5.69 Å². The third-order valence-corrected chi connectivity index (χ3v) is 5.35. The molecule has 0 saturated carbocycles. The van der Waals surface area contributed by atoms with Crippen molar-refractivity contribution in [3.63, 3.8) is 0 Å². The lowest BCUT2D eigenvalue weighted by atomic mass is 10.1. The molecule has 2 aromatic carbocycles. The summed E-state index contributed by atoms with van der Waals surface area (Å²) in [7, 11) is 1.27. The molecule has 0 atom stereocenters. The van der Waals surface area contributed by atoms with Crippen molar-refractivity contribution >= 4 is 46.4 Å². The van der Waals surface area contributed by atoms with E-state index < -0.39 is 5.97 Å². The van der Waals surface area contributed by atoms with Gasteiger partial charge >= 0.3 is 5.97 Å². The zero-order valence-electron chi connectivity index (χ0n) is 16.1. The zero-order chi connectivity index (χ0) is 21.5. The maximum atomic E-state index is 13.1. The SMILES string of the molecule is COC(=O)CN(Cc1ccc(Cl)cc1)C(=O)c1cccc(NC(=O)c2cccs2)c1. The molecular weight excluding hydrogens is 424 g/mol. The van der Waals surface area contributed by atoms with Crippen LogP contribution in [0.3, 0.4) is 0 Å². The van der Waals surface area contributed by atoms with Gasteiger partial charge in [0, 0.05) is 22.8 Å². The molecule has 0 radical (unpaired) electrons. The van der Waals surface area contributed by atoms with E-state index in [1.807, 2.05) is 5.38 Å². The Labute approximate surface area is 183 Å². The lowest BCUT2D eigenvalue weighted by Gasteiger charge is -2.22. The molecule has 0 spiro atoms. The number of ether oxygens (including phenoxy) is 1. The van der Waals surface area contributed by atoms with E-state index in [-0.39, 0.29) is 24.9 Å². The maximum absolute atomic E-state index is 13.1. The van der Waals surface area contributed by atoms with Gasteiger partial charge in [-0.15, -0.1) is 11.3 Å². The molecule has 8 heteroatoms. The van der Waals surface area contributed by atoms with Crippen molar-refractivity contribution in [3.8, 4) is 0 Å². The Balaban J connectivity index is 1.79. The molecule has 3 rings (SSSR count). The fourth-order valence-corrected chi connectivity index (χ4v) is 3.49. The summed E-state index contributed by atoms with van der Waals surface area (Å²) in [6.45, 7) is 0.000621. The van der Waals surface area contributed by atoms with E-state index in [1.165, 1.54) is 23.3 Å². The highest BCUT2D eigenvalue weighted by Gasteiger charge is 2.20. The van der Waals surface area contributed by atoms with Crippen LogP contribution in [0.25, 0.3) is 0 Å². The van der Waals surface area contributed by atoms with Crippen LogP contribution in [0.5, 0.6) is 0 Å². The number of amides is 2. The first-order valence-electron chi connectivity index (χ1n) is 9.01. The summed E-state index contributed by atoms with van der Waals surface area (Å²) in [4.78, 5) is 39.2. The first-order valence-corrected chi connectivity index (χ1v) is 10.3. The number of hydrogen-bond acceptors (Lipinski definition) is 5. The second-order valence-corrected chi connectivity index (χ2v) is 7.76. The highest BCUT2D eigenvalue weighted by Crippen LogP contribution is 2.18. The van der Waals surface area contributed by atoms with E-state index in [0.717, 1.165) is 5.56 Å². The minimum atomic E-state index is -0.528. The lowest BCUT2D eigenvalue weighted by molar-refractivity contribution is -0.141. The molecule has 1 aromatic heterocycles. The minimum absolute atomic E-state index is 0.205. The molecule has 0 bridgehead atoms. The van der Waals surface area contributed by atoms with Gasteiger partial charge in [0.15, 0.2) is 0 Å². The van der Waals surface area contributed by atoms with E-state index in [0.29, 0.717) is 21.2 Å². The van der Waals surface area contributed by atoms with Gasteiger partial charge in [0.05, 0.1) is 12.0 Å². The predicted octanol–water partition coefficient (Wildman–Crippen LogP) is 4.47. The van der Waals surface area contributed by atoms with Gasteiger partial charge in [0.1, 0.15) is 6.54 Å². The van der Waals surface area contributed by atoms with E-state index in [9.17, 15) is 14.4 Å². The smallest absolute Gasteiger partial charge is 0.325 e. The first-order chi connectivity index (χ1) is 14.5. The number of carbonyl (C=O) groups is 3. The van der Waals surface area contributed by atoms with E-state index in [4.69, 9.17) is 16.3 Å². The van der Waals surface area contributed by atoms with E-state index in [2.05, 4.69) is 5.32 Å². The number of methoxy groups -OCH3 is 1. The molecule has 0 unspecified atom stereocenters. The number of anilines is 1. The Hall–Kier alpha value is -3.16. The van der Waals surface area contributed by atoms with Gasteiger partial charge in [-0.1, -0.05) is 35.9 Å². The maximum Gasteiger partial charge on any atom is 0.325 e. The minimum Gasteiger partial charge on any atom is -0.468 e. The largest absolute Gasteiger partial charge is 0.468 e. The average molecular weight is 443 g/mol. The summed E-state index contributed by atoms with van der Waals surface area (Å²) in [5.41, 5.74) is 1.65. The van der Waals surface area contributed by atoms with Crippen LogP contribution in [0.1, 0.15) is 25.6 Å². The number of nitrogens with one attached hydrogen (secondary N) is 1. The van der Waals surface area contributed by atoms with Crippen molar-refractivity contribution in [2.24, 2.45) is 0 Å². The number of esters is 1. The van der Waals surface area contributed by atoms with Crippen LogP contribution >= 0.6 is 22.9 Å². The molecule has 30 heavy (non-hydrogen) atoms. The number of benzene rings is 2. The van der Waals surface area contributed by atoms with Crippen molar-refractivity contribution in [3.05, 3.63) is 87.1 Å². The summed E-state index contributed by atoms with van der Waals surface area (Å²) < 4.78 is 4.73. The van der Waals surface area contributed by atoms with Gasteiger partial charge in [0.2, 0.25) is 0 Å². The molecule has 0 aliphatic rings. The Morgan fingerprint density at radius 3 is 2.50 bits per heavy atom. The fourth-order valence-electron chi connectivity index (χ4n) is 2.74. The third-order valence-electron chi connectivity index (χ3n) is 4.23. The molecule has 6 nitrogen and oxygen atoms in total. The zero-order valence-corrected chi connectivity index (χ0v) is 17.7. The van der Waals surface area contributed by atoms with Crippen LogP contribution in [0.2, 0.25) is 5.02 Å². The van der Waals surface area contributed by atoms with E-state index in [1.54, 1.807) is 60.7 Å². The van der Waals surface area contributed by atoms with Crippen molar-refractivity contribution in [1.29, 1.82) is 0 Å². The van der Waals surface area contributed by atoms with Crippen LogP contribution in [-0.2, 0) is 16.1 Å². The van der Waals surface area contributed by atoms with Crippen LogP contribution < -0.4 is 5.32 Å². The van der Waals surface area contributed by atoms with Crippen molar-refractivity contribution in [2.75, 3.05) is 19.0 Å². The van der Waals surface area contributed by atoms with Crippen LogP contribution in [-0.4, -0.2) is 36.3 Å². The monoisotopic (exact) mass is 442 g/mol. The van der Waals surface area contributed by atoms with E-state index >= 15 is 0 Å². The second kappa shape index (κ2) is 10.0. The molecule has 0 fully saturated rings. The first kappa shape index (κ1) is 21.5. The van der Waals surface area contributed by atoms with Gasteiger partial charge in [-0.2, -0.15) is 0 Å². The van der Waals surface area contributed by atoms with Crippen molar-refractivity contribution in [2.45, 2.75) is 6.54 Å². The Morgan fingerprint density at radius 1 is 1.07 bits per heavy atom. The molecule has 2 amide bonds. The Kier molecular flexibility index (Phi) is 7.21. The van der Waals surface area contributed by atoms with Gasteiger partial charge in [-0.3, -0.25) is 14.4 Å². The van der Waals surface area contributed by atoms with Gasteiger partial charge in [0.25, 0.3) is 11.8 Å². The van der Waals surface area contributed by atoms with Crippen LogP contribution in [0.15, 0.2) is 66.0 Å². The predicted molar refractivity (Wildman–Crippen MR) is 117 cm³/mol. The number of rotatable bonds is 7. The summed E-state index contributed by atoms with van der Waals surface area (Å²) in [6.07, 6.45) is 0. The molecule has 3 aromatic rings. The molecule has 0 aliphatic carbocycles. The fraction of sp³-hybridized carbons (Fsp3) is 0.136. The number of carbonyl (C=O) groups excluding carboxylic acids is 3. The molecule has 0 saturated heterocycles. The molecule has 0 aliphatic heterocycles. The summed E-state index contributed by atoms with van der Waals surface area (Å²) in [6, 6.07) is 17.1. The highest BCUT2D eigenvalue weighted by atomic mass is 35.5. The lowest BCUT2D eigenvalue weighted by Crippen LogP contribution is -2.35. The van der Waals surface area contributed by atoms with Gasteiger partial charge in [-0.25, -0.2) is 0 Å². The van der Waals surface area contributed by atoms with Crippen molar-refractivity contribution in [1.82, 2.24) is 4.90 Å². The average Bonchev–Trinajstić information content (AvgIpc) is 3.29. The molecule has 1 heterocycles. The number of halogens is 1. The summed E-state index contributed by atoms with van der Waals surface area (Å²) in [5.74, 6) is -1.13. The normalized spacial score (nSPS) is 10.3.